The van der Waals surface area contributed by atoms with Gasteiger partial charge in [0.2, 0.25) is 5.78 Å². The summed E-state index contributed by atoms with van der Waals surface area (Å²) in [5, 5.41) is 54.5. The molecule has 0 spiro atoms. The van der Waals surface area contributed by atoms with Gasteiger partial charge < -0.3 is 31.3 Å². The Hall–Kier alpha value is -3.50. The van der Waals surface area contributed by atoms with Crippen LogP contribution in [0.5, 0.6) is 5.75 Å². The highest BCUT2D eigenvalue weighted by atomic mass is 16.4. The Labute approximate surface area is 187 Å². The van der Waals surface area contributed by atoms with Crippen LogP contribution in [0.3, 0.4) is 0 Å². The first kappa shape index (κ1) is 22.7. The quantitative estimate of drug-likeness (QED) is 0.341. The highest BCUT2D eigenvalue weighted by Crippen LogP contribution is 2.56. The van der Waals surface area contributed by atoms with Crippen molar-refractivity contribution in [1.82, 2.24) is 0 Å². The Balaban J connectivity index is 2.02. The van der Waals surface area contributed by atoms with Crippen molar-refractivity contribution < 1.29 is 44.7 Å². The summed E-state index contributed by atoms with van der Waals surface area (Å²) in [6.07, 6.45) is -2.28. The van der Waals surface area contributed by atoms with Gasteiger partial charge in [-0.05, 0) is 30.0 Å². The number of benzene rings is 1. The fraction of sp³-hybridized carbons (Fsp3) is 0.391. The number of primary amides is 1. The molecule has 7 N–H and O–H groups in total. The summed E-state index contributed by atoms with van der Waals surface area (Å²) < 4.78 is 0. The molecule has 10 heteroatoms. The molecule has 4 rings (SSSR count). The number of aliphatic hydroxyl groups is 4. The normalized spacial score (nSPS) is 31.2. The molecule has 5 atom stereocenters. The monoisotopic (exact) mass is 457 g/mol. The largest absolute Gasteiger partial charge is 0.508 e. The van der Waals surface area contributed by atoms with E-state index in [1.54, 1.807) is 6.92 Å². The highest BCUT2D eigenvalue weighted by molar-refractivity contribution is 6.23. The van der Waals surface area contributed by atoms with Crippen LogP contribution in [0.15, 0.2) is 29.0 Å². The van der Waals surface area contributed by atoms with Crippen LogP contribution in [0, 0.1) is 11.8 Å². The summed E-state index contributed by atoms with van der Waals surface area (Å²) in [5.74, 6) is -9.43. The Bertz CT molecular complexity index is 1210. The SMILES string of the molecule is CC(=O)Cc1ccc(O)c2c1C(C)C1C(=C2O)C(=O)C2(O)C(O)=C(C(N)=O)C(=O)CC2C1O. The summed E-state index contributed by atoms with van der Waals surface area (Å²) in [6.45, 7) is 2.99. The van der Waals surface area contributed by atoms with Gasteiger partial charge in [0, 0.05) is 30.3 Å². The number of hydrogen-bond donors (Lipinski definition) is 6. The first-order chi connectivity index (χ1) is 15.3. The molecule has 0 bridgehead atoms. The van der Waals surface area contributed by atoms with Gasteiger partial charge in [0.1, 0.15) is 28.6 Å². The maximum Gasteiger partial charge on any atom is 0.255 e. The number of carbonyl (C=O) groups is 4. The second-order valence-corrected chi connectivity index (χ2v) is 8.90. The van der Waals surface area contributed by atoms with E-state index >= 15 is 0 Å². The Kier molecular flexibility index (Phi) is 4.99. The van der Waals surface area contributed by atoms with E-state index in [0.29, 0.717) is 11.1 Å². The van der Waals surface area contributed by atoms with Gasteiger partial charge in [-0.3, -0.25) is 19.2 Å². The molecule has 0 radical (unpaired) electrons. The third-order valence-electron chi connectivity index (χ3n) is 7.01. The minimum absolute atomic E-state index is 0.0241. The first-order valence-electron chi connectivity index (χ1n) is 10.3. The van der Waals surface area contributed by atoms with Crippen LogP contribution < -0.4 is 5.73 Å². The van der Waals surface area contributed by atoms with Crippen molar-refractivity contribution in [3.8, 4) is 5.75 Å². The Morgan fingerprint density at radius 3 is 2.39 bits per heavy atom. The van der Waals surface area contributed by atoms with Crippen molar-refractivity contribution >= 4 is 29.0 Å². The number of phenolic OH excluding ortho intramolecular Hbond substituents is 1. The fourth-order valence-electron chi connectivity index (χ4n) is 5.59. The molecule has 5 unspecified atom stereocenters. The number of nitrogens with two attached hydrogens (primary N) is 1. The molecule has 174 valence electrons. The number of Topliss-reactive ketones (excluding diaryl/α,β-unsaturated/α-hetero) is 3. The molecule has 0 aliphatic heterocycles. The fourth-order valence-corrected chi connectivity index (χ4v) is 5.59. The molecule has 0 aromatic heterocycles. The molecule has 10 nitrogen and oxygen atoms in total. The molecule has 3 aliphatic carbocycles. The van der Waals surface area contributed by atoms with Crippen LogP contribution in [0.2, 0.25) is 0 Å². The van der Waals surface area contributed by atoms with Gasteiger partial charge in [0.05, 0.1) is 11.7 Å². The third kappa shape index (κ3) is 2.87. The summed E-state index contributed by atoms with van der Waals surface area (Å²) in [5.41, 5.74) is 1.58. The molecular formula is C23H23NO9. The molecule has 3 aliphatic rings. The summed E-state index contributed by atoms with van der Waals surface area (Å²) >= 11 is 0. The van der Waals surface area contributed by atoms with E-state index in [2.05, 4.69) is 0 Å². The number of carbonyl (C=O) groups excluding carboxylic acids is 4. The van der Waals surface area contributed by atoms with Crippen molar-refractivity contribution in [2.24, 2.45) is 17.6 Å². The average Bonchev–Trinajstić information content (AvgIpc) is 2.71. The first-order valence-corrected chi connectivity index (χ1v) is 10.3. The zero-order valence-electron chi connectivity index (χ0n) is 17.8. The van der Waals surface area contributed by atoms with Crippen molar-refractivity contribution in [2.45, 2.75) is 44.3 Å². The minimum atomic E-state index is -2.87. The molecule has 0 heterocycles. The Morgan fingerprint density at radius 1 is 1.18 bits per heavy atom. The lowest BCUT2D eigenvalue weighted by molar-refractivity contribution is -0.160. The van der Waals surface area contributed by atoms with E-state index in [4.69, 9.17) is 5.73 Å². The van der Waals surface area contributed by atoms with Gasteiger partial charge in [0.15, 0.2) is 11.4 Å². The number of amides is 1. The summed E-state index contributed by atoms with van der Waals surface area (Å²) in [4.78, 5) is 49.4. The maximum atomic E-state index is 13.5. The zero-order valence-corrected chi connectivity index (χ0v) is 17.8. The van der Waals surface area contributed by atoms with E-state index in [9.17, 15) is 44.7 Å². The Morgan fingerprint density at radius 2 is 1.82 bits per heavy atom. The van der Waals surface area contributed by atoms with E-state index in [-0.39, 0.29) is 23.5 Å². The summed E-state index contributed by atoms with van der Waals surface area (Å²) in [7, 11) is 0. The lowest BCUT2D eigenvalue weighted by Crippen LogP contribution is -2.64. The molecule has 1 amide bonds. The van der Waals surface area contributed by atoms with Crippen LogP contribution in [0.25, 0.3) is 5.76 Å². The lowest BCUT2D eigenvalue weighted by Gasteiger charge is -2.50. The molecule has 1 aromatic rings. The molecule has 33 heavy (non-hydrogen) atoms. The van der Waals surface area contributed by atoms with Crippen molar-refractivity contribution in [3.63, 3.8) is 0 Å². The van der Waals surface area contributed by atoms with Gasteiger partial charge in [-0.15, -0.1) is 0 Å². The number of aromatic hydroxyl groups is 1. The van der Waals surface area contributed by atoms with Crippen molar-refractivity contribution in [2.75, 3.05) is 0 Å². The van der Waals surface area contributed by atoms with Crippen LogP contribution >= 0.6 is 0 Å². The minimum Gasteiger partial charge on any atom is -0.508 e. The lowest BCUT2D eigenvalue weighted by atomic mass is 9.55. The molecule has 1 saturated carbocycles. The van der Waals surface area contributed by atoms with Crippen LogP contribution in [-0.4, -0.2) is 60.5 Å². The highest BCUT2D eigenvalue weighted by Gasteiger charge is 2.65. The van der Waals surface area contributed by atoms with E-state index in [1.807, 2.05) is 0 Å². The second-order valence-electron chi connectivity index (χ2n) is 8.90. The van der Waals surface area contributed by atoms with Crippen LogP contribution in [0.1, 0.15) is 42.9 Å². The number of hydrogen-bond acceptors (Lipinski definition) is 9. The number of rotatable bonds is 3. The number of fused-ring (bicyclic) bond motifs is 3. The average molecular weight is 457 g/mol. The van der Waals surface area contributed by atoms with Gasteiger partial charge in [-0.1, -0.05) is 13.0 Å². The van der Waals surface area contributed by atoms with Crippen molar-refractivity contribution in [1.29, 1.82) is 0 Å². The predicted octanol–water partition coefficient (Wildman–Crippen LogP) is 0.0872. The number of aliphatic hydroxyl groups excluding tert-OH is 3. The van der Waals surface area contributed by atoms with Crippen molar-refractivity contribution in [3.05, 3.63) is 45.7 Å². The van der Waals surface area contributed by atoms with E-state index < -0.39 is 76.0 Å². The number of phenols is 1. The number of ketones is 3. The molecule has 1 aromatic carbocycles. The third-order valence-corrected chi connectivity index (χ3v) is 7.01. The molecule has 0 saturated heterocycles. The zero-order chi connectivity index (χ0) is 24.6. The molecular weight excluding hydrogens is 434 g/mol. The predicted molar refractivity (Wildman–Crippen MR) is 112 cm³/mol. The van der Waals surface area contributed by atoms with Gasteiger partial charge >= 0.3 is 0 Å². The standard InChI is InChI=1S/C23H23NO9/c1-7(25)5-9-3-4-11(26)15-13(9)8(2)14-17(19(15)29)21(31)23(33)10(18(14)28)6-12(27)16(20(23)30)22(24)32/h3-4,8,10,14,18,26,28-30,33H,5-6H2,1-2H3,(H2,24,32). The van der Waals surface area contributed by atoms with Gasteiger partial charge in [-0.2, -0.15) is 0 Å². The van der Waals surface area contributed by atoms with Gasteiger partial charge in [-0.25, -0.2) is 0 Å². The van der Waals surface area contributed by atoms with Crippen LogP contribution in [-0.2, 0) is 25.6 Å². The van der Waals surface area contributed by atoms with E-state index in [0.717, 1.165) is 0 Å². The topological polar surface area (TPSA) is 195 Å². The van der Waals surface area contributed by atoms with Gasteiger partial charge in [0.25, 0.3) is 5.91 Å². The molecule has 1 fully saturated rings. The summed E-state index contributed by atoms with van der Waals surface area (Å²) in [6, 6.07) is 2.76. The smallest absolute Gasteiger partial charge is 0.255 e. The maximum absolute atomic E-state index is 13.5. The van der Waals surface area contributed by atoms with Crippen LogP contribution in [0.4, 0.5) is 0 Å². The second kappa shape index (κ2) is 7.26. The van der Waals surface area contributed by atoms with E-state index in [1.165, 1.54) is 19.1 Å².